The average Bonchev–Trinajstić information content (AvgIpc) is 3.33. The van der Waals surface area contributed by atoms with Crippen molar-refractivity contribution in [2.24, 2.45) is 0 Å². The van der Waals surface area contributed by atoms with Crippen LogP contribution >= 0.6 is 0 Å². The highest BCUT2D eigenvalue weighted by Crippen LogP contribution is 2.38. The van der Waals surface area contributed by atoms with Crippen LogP contribution < -0.4 is 0 Å². The van der Waals surface area contributed by atoms with Gasteiger partial charge in [-0.15, -0.1) is 0 Å². The maximum absolute atomic E-state index is 5.28. The van der Waals surface area contributed by atoms with Gasteiger partial charge in [0.2, 0.25) is 0 Å². The Balaban J connectivity index is 1.10. The van der Waals surface area contributed by atoms with Crippen LogP contribution in [0.25, 0.3) is 67.7 Å². The van der Waals surface area contributed by atoms with Crippen molar-refractivity contribution >= 4 is 0 Å². The number of aryl methyl sites for hydroxylation is 4. The molecule has 5 aromatic carbocycles. The van der Waals surface area contributed by atoms with Crippen LogP contribution in [0.2, 0.25) is 0 Å². The van der Waals surface area contributed by atoms with Crippen molar-refractivity contribution < 1.29 is 0 Å². The van der Waals surface area contributed by atoms with Gasteiger partial charge in [-0.2, -0.15) is 0 Å². The molecule has 2 aromatic heterocycles. The van der Waals surface area contributed by atoms with Gasteiger partial charge in [0.15, 0.2) is 17.5 Å². The van der Waals surface area contributed by atoms with Crippen molar-refractivity contribution in [1.82, 2.24) is 19.9 Å². The molecule has 0 aliphatic heterocycles. The van der Waals surface area contributed by atoms with E-state index in [0.29, 0.717) is 17.5 Å². The maximum atomic E-state index is 5.28. The summed E-state index contributed by atoms with van der Waals surface area (Å²) in [6, 6.07) is 42.6. The first-order valence-electron chi connectivity index (χ1n) is 24.7. The fourth-order valence-corrected chi connectivity index (χ4v) is 9.51. The van der Waals surface area contributed by atoms with Gasteiger partial charge in [-0.1, -0.05) is 192 Å². The third-order valence-corrected chi connectivity index (χ3v) is 13.3. The first kappa shape index (κ1) is 44.9. The van der Waals surface area contributed by atoms with Gasteiger partial charge in [-0.05, 0) is 122 Å². The van der Waals surface area contributed by atoms with Gasteiger partial charge in [0.05, 0.1) is 5.69 Å². The molecule has 0 amide bonds. The molecular formula is C60H68N4. The van der Waals surface area contributed by atoms with Crippen molar-refractivity contribution in [3.63, 3.8) is 0 Å². The van der Waals surface area contributed by atoms with E-state index in [-0.39, 0.29) is 0 Å². The summed E-state index contributed by atoms with van der Waals surface area (Å²) in [6.07, 6.45) is 24.5. The van der Waals surface area contributed by atoms with Crippen LogP contribution in [0.3, 0.4) is 0 Å². The van der Waals surface area contributed by atoms with E-state index in [2.05, 4.69) is 143 Å². The fraction of sp³-hybridized carbons (Fsp3) is 0.367. The third kappa shape index (κ3) is 11.5. The smallest absolute Gasteiger partial charge is 0.165 e. The first-order valence-corrected chi connectivity index (χ1v) is 24.7. The Morgan fingerprint density at radius 1 is 0.406 bits per heavy atom. The van der Waals surface area contributed by atoms with Crippen LogP contribution in [0.15, 0.2) is 121 Å². The molecule has 64 heavy (non-hydrogen) atoms. The highest BCUT2D eigenvalue weighted by molar-refractivity contribution is 5.79. The quantitative estimate of drug-likeness (QED) is 0.0717. The van der Waals surface area contributed by atoms with Gasteiger partial charge < -0.3 is 0 Å². The highest BCUT2D eigenvalue weighted by atomic mass is 15.0. The van der Waals surface area contributed by atoms with Crippen molar-refractivity contribution in [2.75, 3.05) is 0 Å². The Hall–Kier alpha value is -5.74. The van der Waals surface area contributed by atoms with E-state index in [1.54, 1.807) is 0 Å². The minimum atomic E-state index is 0.683. The predicted molar refractivity (Wildman–Crippen MR) is 271 cm³/mol. The average molecular weight is 845 g/mol. The molecule has 4 nitrogen and oxygen atoms in total. The predicted octanol–water partition coefficient (Wildman–Crippen LogP) is 16.6. The molecule has 7 aromatic rings. The van der Waals surface area contributed by atoms with Crippen LogP contribution in [-0.4, -0.2) is 19.9 Å². The molecule has 0 spiro atoms. The van der Waals surface area contributed by atoms with Crippen LogP contribution in [0, 0.1) is 13.8 Å². The molecule has 0 N–H and O–H groups in total. The lowest BCUT2D eigenvalue weighted by atomic mass is 9.85. The monoisotopic (exact) mass is 845 g/mol. The lowest BCUT2D eigenvalue weighted by molar-refractivity contribution is 0.605. The molecule has 0 bridgehead atoms. The normalized spacial score (nSPS) is 12.4. The van der Waals surface area contributed by atoms with Gasteiger partial charge in [0.25, 0.3) is 0 Å². The van der Waals surface area contributed by atoms with Crippen LogP contribution in [0.1, 0.15) is 137 Å². The minimum Gasteiger partial charge on any atom is -0.255 e. The summed E-state index contributed by atoms with van der Waals surface area (Å²) in [7, 11) is 0. The van der Waals surface area contributed by atoms with Crippen LogP contribution in [-0.2, 0) is 25.7 Å². The number of hydrogen-bond donors (Lipinski definition) is 0. The topological polar surface area (TPSA) is 51.6 Å². The number of aromatic nitrogens is 4. The lowest BCUT2D eigenvalue weighted by Crippen LogP contribution is -2.10. The Morgan fingerprint density at radius 2 is 0.859 bits per heavy atom. The molecule has 0 saturated carbocycles. The van der Waals surface area contributed by atoms with E-state index in [4.69, 9.17) is 19.9 Å². The molecule has 328 valence electrons. The Labute approximate surface area is 384 Å². The Morgan fingerprint density at radius 3 is 1.41 bits per heavy atom. The second-order valence-corrected chi connectivity index (χ2v) is 18.5. The number of pyridine rings is 1. The number of fused-ring (bicyclic) bond motifs is 1. The van der Waals surface area contributed by atoms with Gasteiger partial charge >= 0.3 is 0 Å². The lowest BCUT2D eigenvalue weighted by Gasteiger charge is -2.22. The second kappa shape index (κ2) is 22.2. The third-order valence-electron chi connectivity index (χ3n) is 13.3. The Kier molecular flexibility index (Phi) is 15.6. The second-order valence-electron chi connectivity index (χ2n) is 18.5. The van der Waals surface area contributed by atoms with Crippen molar-refractivity contribution in [1.29, 1.82) is 0 Å². The number of unbranched alkanes of at least 4 members (excludes halogenated alkanes) is 10. The van der Waals surface area contributed by atoms with E-state index in [9.17, 15) is 0 Å². The van der Waals surface area contributed by atoms with Gasteiger partial charge in [-0.25, -0.2) is 15.0 Å². The van der Waals surface area contributed by atoms with E-state index < -0.39 is 0 Å². The number of nitrogens with zero attached hydrogens (tertiary/aromatic N) is 4. The maximum Gasteiger partial charge on any atom is 0.165 e. The van der Waals surface area contributed by atoms with E-state index in [1.165, 1.54) is 133 Å². The number of hydrogen-bond acceptors (Lipinski definition) is 4. The summed E-state index contributed by atoms with van der Waals surface area (Å²) in [5.41, 5.74) is 18.4. The van der Waals surface area contributed by atoms with E-state index in [0.717, 1.165) is 66.5 Å². The summed E-state index contributed by atoms with van der Waals surface area (Å²) >= 11 is 0. The molecule has 0 radical (unpaired) electrons. The molecule has 0 saturated heterocycles. The summed E-state index contributed by atoms with van der Waals surface area (Å²) in [4.78, 5) is 20.6. The zero-order valence-corrected chi connectivity index (χ0v) is 39.1. The van der Waals surface area contributed by atoms with Crippen molar-refractivity contribution in [3.8, 4) is 67.7 Å². The molecule has 8 rings (SSSR count). The van der Waals surface area contributed by atoms with Crippen LogP contribution in [0.4, 0.5) is 0 Å². The van der Waals surface area contributed by atoms with Gasteiger partial charge in [0, 0.05) is 28.5 Å². The molecule has 4 heteroatoms. The highest BCUT2D eigenvalue weighted by Gasteiger charge is 2.23. The zero-order chi connectivity index (χ0) is 44.1. The van der Waals surface area contributed by atoms with Crippen molar-refractivity contribution in [2.45, 2.75) is 143 Å². The molecular weight excluding hydrogens is 777 g/mol. The molecule has 1 aliphatic carbocycles. The SMILES string of the molecule is CCCCCCCCc1cc(CCCCCCCC)cc(-c2cccc(-c3cccc(-c4ncc(-c5nc(-c6ccc(C)cc6)nc(-c6ccc(C)cc6)n5)c5c4CCCC5)c3)c2)c1. The number of rotatable bonds is 20. The first-order chi connectivity index (χ1) is 31.4. The van der Waals surface area contributed by atoms with Crippen molar-refractivity contribution in [3.05, 3.63) is 155 Å². The summed E-state index contributed by atoms with van der Waals surface area (Å²) in [6.45, 7) is 8.82. The zero-order valence-electron chi connectivity index (χ0n) is 39.1. The summed E-state index contributed by atoms with van der Waals surface area (Å²) in [5.74, 6) is 2.06. The molecule has 1 aliphatic rings. The number of benzene rings is 5. The van der Waals surface area contributed by atoms with E-state index >= 15 is 0 Å². The summed E-state index contributed by atoms with van der Waals surface area (Å²) < 4.78 is 0. The molecule has 2 heterocycles. The molecule has 0 fully saturated rings. The Bertz CT molecular complexity index is 2510. The standard InChI is InChI=1S/C60H68N4/c1-5-7-9-11-13-15-21-45-37-46(22-16-14-12-10-8-6-2)39-53(38-45)51-25-19-23-49(40-51)50-24-20-26-52(41-50)57-55-28-18-17-27-54(55)56(42-61-57)60-63-58(47-33-29-43(3)30-34-47)62-59(64-60)48-35-31-44(4)32-36-48/h19-20,23-26,29-42H,5-18,21-22,27-28H2,1-4H3. The van der Waals surface area contributed by atoms with Gasteiger partial charge in [0.1, 0.15) is 0 Å². The largest absolute Gasteiger partial charge is 0.255 e. The summed E-state index contributed by atoms with van der Waals surface area (Å²) in [5, 5.41) is 0. The fourth-order valence-electron chi connectivity index (χ4n) is 9.51. The minimum absolute atomic E-state index is 0.683. The molecule has 0 unspecified atom stereocenters. The van der Waals surface area contributed by atoms with E-state index in [1.807, 2.05) is 6.20 Å². The van der Waals surface area contributed by atoms with Gasteiger partial charge in [-0.3, -0.25) is 4.98 Å². The molecule has 0 atom stereocenters. The van der Waals surface area contributed by atoms with Crippen LogP contribution in [0.5, 0.6) is 0 Å².